The largest absolute Gasteiger partial charge is 0.330 e. The summed E-state index contributed by atoms with van der Waals surface area (Å²) in [7, 11) is 0. The van der Waals surface area contributed by atoms with E-state index in [1.165, 1.54) is 24.8 Å². The minimum Gasteiger partial charge on any atom is -0.330 e. The van der Waals surface area contributed by atoms with Crippen LogP contribution in [0.5, 0.6) is 0 Å². The van der Waals surface area contributed by atoms with Crippen LogP contribution in [0, 0.1) is 0 Å². The molecule has 0 aliphatic carbocycles. The van der Waals surface area contributed by atoms with Crippen molar-refractivity contribution in [3.63, 3.8) is 0 Å². The lowest BCUT2D eigenvalue weighted by Crippen LogP contribution is -2.45. The summed E-state index contributed by atoms with van der Waals surface area (Å²) in [4.78, 5) is 0. The van der Waals surface area contributed by atoms with E-state index in [1.807, 2.05) is 0 Å². The van der Waals surface area contributed by atoms with E-state index < -0.39 is 0 Å². The number of nitrogens with one attached hydrogen (secondary N) is 1. The Labute approximate surface area is 90.9 Å². The van der Waals surface area contributed by atoms with E-state index in [9.17, 15) is 0 Å². The van der Waals surface area contributed by atoms with Crippen molar-refractivity contribution < 1.29 is 0 Å². The van der Waals surface area contributed by atoms with Crippen LogP contribution in [0.15, 0.2) is 30.3 Å². The van der Waals surface area contributed by atoms with Gasteiger partial charge in [-0.3, -0.25) is 0 Å². The van der Waals surface area contributed by atoms with Crippen LogP contribution in [0.25, 0.3) is 0 Å². The molecule has 2 fully saturated rings. The quantitative estimate of drug-likeness (QED) is 0.761. The summed E-state index contributed by atoms with van der Waals surface area (Å²) < 4.78 is 0. The van der Waals surface area contributed by atoms with Gasteiger partial charge in [-0.2, -0.15) is 0 Å². The standard InChI is InChI=1S/C13H18N2/c14-9-13(10-4-2-1-3-5-10)8-11-6-7-12(13)15-11/h1-5,11-12,15H,6-9,14H2. The Morgan fingerprint density at radius 3 is 2.60 bits per heavy atom. The molecule has 2 bridgehead atoms. The van der Waals surface area contributed by atoms with E-state index in [2.05, 4.69) is 35.6 Å². The third kappa shape index (κ3) is 1.25. The number of benzene rings is 1. The molecule has 3 rings (SSSR count). The zero-order valence-electron chi connectivity index (χ0n) is 8.95. The van der Waals surface area contributed by atoms with Gasteiger partial charge in [0.15, 0.2) is 0 Å². The first-order valence-corrected chi connectivity index (χ1v) is 5.87. The second-order valence-electron chi connectivity index (χ2n) is 4.92. The molecule has 2 saturated heterocycles. The third-order valence-electron chi connectivity index (χ3n) is 4.23. The van der Waals surface area contributed by atoms with Crippen molar-refractivity contribution >= 4 is 0 Å². The summed E-state index contributed by atoms with van der Waals surface area (Å²) in [6, 6.07) is 12.1. The molecule has 80 valence electrons. The van der Waals surface area contributed by atoms with E-state index in [-0.39, 0.29) is 5.41 Å². The van der Waals surface area contributed by atoms with Gasteiger partial charge < -0.3 is 11.1 Å². The number of hydrogen-bond donors (Lipinski definition) is 2. The van der Waals surface area contributed by atoms with Crippen LogP contribution in [0.4, 0.5) is 0 Å². The molecule has 15 heavy (non-hydrogen) atoms. The van der Waals surface area contributed by atoms with Crippen molar-refractivity contribution in [2.24, 2.45) is 5.73 Å². The fourth-order valence-electron chi connectivity index (χ4n) is 3.43. The van der Waals surface area contributed by atoms with Gasteiger partial charge in [0.1, 0.15) is 0 Å². The van der Waals surface area contributed by atoms with Gasteiger partial charge in [0, 0.05) is 24.0 Å². The van der Waals surface area contributed by atoms with Crippen molar-refractivity contribution in [1.82, 2.24) is 5.32 Å². The Bertz CT molecular complexity index is 349. The van der Waals surface area contributed by atoms with Crippen LogP contribution in [-0.4, -0.2) is 18.6 Å². The lowest BCUT2D eigenvalue weighted by molar-refractivity contribution is 0.340. The van der Waals surface area contributed by atoms with Gasteiger partial charge >= 0.3 is 0 Å². The van der Waals surface area contributed by atoms with E-state index >= 15 is 0 Å². The molecule has 2 heterocycles. The molecule has 3 atom stereocenters. The van der Waals surface area contributed by atoms with Crippen molar-refractivity contribution in [3.05, 3.63) is 35.9 Å². The van der Waals surface area contributed by atoms with Crippen molar-refractivity contribution in [1.29, 1.82) is 0 Å². The molecule has 3 N–H and O–H groups in total. The Morgan fingerprint density at radius 1 is 1.27 bits per heavy atom. The molecule has 2 aliphatic rings. The predicted molar refractivity (Wildman–Crippen MR) is 61.7 cm³/mol. The first kappa shape index (κ1) is 9.37. The minimum absolute atomic E-state index is 0.212. The second-order valence-corrected chi connectivity index (χ2v) is 4.92. The van der Waals surface area contributed by atoms with Crippen LogP contribution in [0.1, 0.15) is 24.8 Å². The number of fused-ring (bicyclic) bond motifs is 2. The molecule has 0 spiro atoms. The molecule has 0 amide bonds. The number of nitrogens with two attached hydrogens (primary N) is 1. The Kier molecular flexibility index (Phi) is 2.08. The third-order valence-corrected chi connectivity index (χ3v) is 4.23. The van der Waals surface area contributed by atoms with Gasteiger partial charge in [-0.1, -0.05) is 30.3 Å². The van der Waals surface area contributed by atoms with E-state index in [0.29, 0.717) is 12.1 Å². The van der Waals surface area contributed by atoms with E-state index in [1.54, 1.807) is 0 Å². The van der Waals surface area contributed by atoms with Gasteiger partial charge in [0.2, 0.25) is 0 Å². The van der Waals surface area contributed by atoms with Crippen molar-refractivity contribution in [3.8, 4) is 0 Å². The summed E-state index contributed by atoms with van der Waals surface area (Å²) >= 11 is 0. The van der Waals surface area contributed by atoms with Crippen molar-refractivity contribution in [2.75, 3.05) is 6.54 Å². The maximum Gasteiger partial charge on any atom is 0.0243 e. The van der Waals surface area contributed by atoms with Gasteiger partial charge in [0.25, 0.3) is 0 Å². The molecule has 1 aromatic carbocycles. The summed E-state index contributed by atoms with van der Waals surface area (Å²) in [5, 5.41) is 3.69. The molecular formula is C13H18N2. The Hall–Kier alpha value is -0.860. The average Bonchev–Trinajstić information content (AvgIpc) is 2.90. The summed E-state index contributed by atoms with van der Waals surface area (Å²) in [5.41, 5.74) is 7.68. The zero-order valence-corrected chi connectivity index (χ0v) is 8.95. The molecule has 2 heteroatoms. The molecule has 3 unspecified atom stereocenters. The lowest BCUT2D eigenvalue weighted by atomic mass is 9.69. The maximum absolute atomic E-state index is 6.05. The molecule has 0 aromatic heterocycles. The predicted octanol–water partition coefficient (Wildman–Crippen LogP) is 1.41. The molecule has 0 saturated carbocycles. The van der Waals surface area contributed by atoms with Crippen LogP contribution >= 0.6 is 0 Å². The van der Waals surface area contributed by atoms with Crippen molar-refractivity contribution in [2.45, 2.75) is 36.8 Å². The minimum atomic E-state index is 0.212. The SMILES string of the molecule is NCC1(c2ccccc2)CC2CCC1N2. The van der Waals surface area contributed by atoms with Gasteiger partial charge in [-0.15, -0.1) is 0 Å². The molecule has 2 aliphatic heterocycles. The number of rotatable bonds is 2. The van der Waals surface area contributed by atoms with E-state index in [4.69, 9.17) is 5.73 Å². The highest BCUT2D eigenvalue weighted by Crippen LogP contribution is 2.44. The second kappa shape index (κ2) is 3.32. The lowest BCUT2D eigenvalue weighted by Gasteiger charge is -2.36. The van der Waals surface area contributed by atoms with Crippen LogP contribution in [-0.2, 0) is 5.41 Å². The number of hydrogen-bond acceptors (Lipinski definition) is 2. The fraction of sp³-hybridized carbons (Fsp3) is 0.538. The topological polar surface area (TPSA) is 38.0 Å². The summed E-state index contributed by atoms with van der Waals surface area (Å²) in [6.45, 7) is 0.769. The normalized spacial score (nSPS) is 38.5. The Morgan fingerprint density at radius 2 is 2.07 bits per heavy atom. The van der Waals surface area contributed by atoms with Crippen LogP contribution < -0.4 is 11.1 Å². The summed E-state index contributed by atoms with van der Waals surface area (Å²) in [5.74, 6) is 0. The molecule has 0 radical (unpaired) electrons. The summed E-state index contributed by atoms with van der Waals surface area (Å²) in [6.07, 6.45) is 3.84. The highest BCUT2D eigenvalue weighted by atomic mass is 15.1. The zero-order chi connectivity index (χ0) is 10.3. The van der Waals surface area contributed by atoms with E-state index in [0.717, 1.165) is 6.54 Å². The smallest absolute Gasteiger partial charge is 0.0243 e. The first-order chi connectivity index (χ1) is 7.35. The molecular weight excluding hydrogens is 184 g/mol. The fourth-order valence-corrected chi connectivity index (χ4v) is 3.43. The Balaban J connectivity index is 2.01. The average molecular weight is 202 g/mol. The van der Waals surface area contributed by atoms with Crippen LogP contribution in [0.3, 0.4) is 0 Å². The molecule has 1 aromatic rings. The van der Waals surface area contributed by atoms with Gasteiger partial charge in [-0.25, -0.2) is 0 Å². The monoisotopic (exact) mass is 202 g/mol. The van der Waals surface area contributed by atoms with Crippen LogP contribution in [0.2, 0.25) is 0 Å². The molecule has 2 nitrogen and oxygen atoms in total. The highest BCUT2D eigenvalue weighted by molar-refractivity contribution is 5.32. The van der Waals surface area contributed by atoms with Gasteiger partial charge in [0.05, 0.1) is 0 Å². The van der Waals surface area contributed by atoms with Gasteiger partial charge in [-0.05, 0) is 24.8 Å². The maximum atomic E-state index is 6.05. The highest BCUT2D eigenvalue weighted by Gasteiger charge is 2.50. The first-order valence-electron chi connectivity index (χ1n) is 5.87.